The molecule has 1 aromatic rings. The van der Waals surface area contributed by atoms with E-state index in [1.807, 2.05) is 11.8 Å². The molecular weight excluding hydrogens is 304 g/mol. The van der Waals surface area contributed by atoms with E-state index in [-0.39, 0.29) is 5.79 Å². The van der Waals surface area contributed by atoms with Crippen LogP contribution in [0.4, 0.5) is 0 Å². The van der Waals surface area contributed by atoms with E-state index in [0.29, 0.717) is 11.2 Å². The summed E-state index contributed by atoms with van der Waals surface area (Å²) >= 11 is 2.02. The van der Waals surface area contributed by atoms with Gasteiger partial charge in [0.1, 0.15) is 0 Å². The predicted molar refractivity (Wildman–Crippen MR) is 94.6 cm³/mol. The first-order valence-corrected chi connectivity index (χ1v) is 9.94. The van der Waals surface area contributed by atoms with Gasteiger partial charge in [0.05, 0.1) is 13.2 Å². The van der Waals surface area contributed by atoms with Gasteiger partial charge in [0.15, 0.2) is 5.79 Å². The van der Waals surface area contributed by atoms with Crippen LogP contribution in [-0.2, 0) is 9.47 Å². The van der Waals surface area contributed by atoms with Crippen molar-refractivity contribution in [3.05, 3.63) is 42.0 Å². The molecule has 1 heterocycles. The molecule has 0 N–H and O–H groups in total. The van der Waals surface area contributed by atoms with Gasteiger partial charge in [-0.15, -0.1) is 11.8 Å². The number of ether oxygens (including phenoxy) is 2. The first-order valence-electron chi connectivity index (χ1n) is 9.06. The van der Waals surface area contributed by atoms with Crippen LogP contribution in [0, 0.1) is 5.92 Å². The van der Waals surface area contributed by atoms with Gasteiger partial charge in [0.2, 0.25) is 0 Å². The first-order chi connectivity index (χ1) is 11.4. The molecule has 1 saturated carbocycles. The monoisotopic (exact) mass is 330 g/mol. The summed E-state index contributed by atoms with van der Waals surface area (Å²) in [7, 11) is 0. The van der Waals surface area contributed by atoms with Crippen LogP contribution in [0.5, 0.6) is 0 Å². The van der Waals surface area contributed by atoms with Gasteiger partial charge in [-0.3, -0.25) is 0 Å². The van der Waals surface area contributed by atoms with E-state index in [0.717, 1.165) is 19.6 Å². The molecule has 0 radical (unpaired) electrons. The maximum atomic E-state index is 6.28. The molecule has 1 unspecified atom stereocenters. The Balaban J connectivity index is 1.63. The Morgan fingerprint density at radius 1 is 1.00 bits per heavy atom. The predicted octanol–water partition coefficient (Wildman–Crippen LogP) is 5.19. The third kappa shape index (κ3) is 3.24. The fraction of sp³-hybridized carbons (Fsp3) is 0.600. The van der Waals surface area contributed by atoms with E-state index in [1.165, 1.54) is 43.4 Å². The molecule has 0 aromatic heterocycles. The standard InChI is InChI=1S/C20H26O2S/c1-2-7-13-20(21-14-15-22-20)19-16(8-4-1)11-12-18(19)23-17-9-5-3-6-10-17/h3,5-6,8-10,18-19H,1-2,4,7,11-15H2/t18-,19?/m0/s1. The third-order valence-electron chi connectivity index (χ3n) is 5.41. The number of rotatable bonds is 2. The van der Waals surface area contributed by atoms with Gasteiger partial charge in [-0.05, 0) is 44.2 Å². The van der Waals surface area contributed by atoms with Gasteiger partial charge in [0.25, 0.3) is 0 Å². The van der Waals surface area contributed by atoms with Gasteiger partial charge >= 0.3 is 0 Å². The molecule has 23 heavy (non-hydrogen) atoms. The summed E-state index contributed by atoms with van der Waals surface area (Å²) in [6, 6.07) is 10.8. The zero-order chi connectivity index (χ0) is 15.5. The lowest BCUT2D eigenvalue weighted by molar-refractivity contribution is -0.189. The van der Waals surface area contributed by atoms with Crippen LogP contribution >= 0.6 is 11.8 Å². The molecule has 4 rings (SSSR count). The van der Waals surface area contributed by atoms with E-state index in [9.17, 15) is 0 Å². The van der Waals surface area contributed by atoms with Crippen molar-refractivity contribution >= 4 is 11.8 Å². The lowest BCUT2D eigenvalue weighted by atomic mass is 9.89. The molecule has 2 aliphatic carbocycles. The van der Waals surface area contributed by atoms with Crippen molar-refractivity contribution in [2.24, 2.45) is 5.92 Å². The number of hydrogen-bond acceptors (Lipinski definition) is 3. The molecule has 2 nitrogen and oxygen atoms in total. The second-order valence-corrected chi connectivity index (χ2v) is 8.19. The maximum absolute atomic E-state index is 6.28. The van der Waals surface area contributed by atoms with E-state index < -0.39 is 0 Å². The van der Waals surface area contributed by atoms with E-state index in [2.05, 4.69) is 36.4 Å². The highest BCUT2D eigenvalue weighted by Crippen LogP contribution is 2.51. The second-order valence-electron chi connectivity index (χ2n) is 6.87. The summed E-state index contributed by atoms with van der Waals surface area (Å²) in [6.45, 7) is 1.51. The van der Waals surface area contributed by atoms with Crippen molar-refractivity contribution in [1.82, 2.24) is 0 Å². The summed E-state index contributed by atoms with van der Waals surface area (Å²) in [4.78, 5) is 1.37. The fourth-order valence-corrected chi connectivity index (χ4v) is 5.81. The summed E-state index contributed by atoms with van der Waals surface area (Å²) in [5, 5.41) is 0.569. The molecule has 0 bridgehead atoms. The van der Waals surface area contributed by atoms with Crippen molar-refractivity contribution < 1.29 is 9.47 Å². The van der Waals surface area contributed by atoms with Gasteiger partial charge in [-0.25, -0.2) is 0 Å². The molecule has 3 aliphatic rings. The Labute approximate surface area is 143 Å². The lowest BCUT2D eigenvalue weighted by Crippen LogP contribution is -2.43. The van der Waals surface area contributed by atoms with Gasteiger partial charge in [0, 0.05) is 22.5 Å². The van der Waals surface area contributed by atoms with Crippen LogP contribution in [0.2, 0.25) is 0 Å². The smallest absolute Gasteiger partial charge is 0.176 e. The zero-order valence-corrected chi connectivity index (χ0v) is 14.5. The molecule has 2 fully saturated rings. The minimum absolute atomic E-state index is 0.348. The quantitative estimate of drug-likeness (QED) is 0.695. The maximum Gasteiger partial charge on any atom is 0.176 e. The van der Waals surface area contributed by atoms with Crippen LogP contribution in [0.3, 0.4) is 0 Å². The zero-order valence-electron chi connectivity index (χ0n) is 13.7. The van der Waals surface area contributed by atoms with Crippen molar-refractivity contribution in [3.63, 3.8) is 0 Å². The molecule has 1 aromatic carbocycles. The molecule has 1 saturated heterocycles. The van der Waals surface area contributed by atoms with Crippen molar-refractivity contribution in [2.75, 3.05) is 13.2 Å². The minimum atomic E-state index is -0.348. The number of allylic oxidation sites excluding steroid dienone is 1. The molecule has 3 heteroatoms. The normalized spacial score (nSPS) is 30.3. The number of thioether (sulfide) groups is 1. The van der Waals surface area contributed by atoms with Crippen LogP contribution < -0.4 is 0 Å². The summed E-state index contributed by atoms with van der Waals surface area (Å²) in [6.07, 6.45) is 11.1. The van der Waals surface area contributed by atoms with Crippen molar-refractivity contribution in [2.45, 2.75) is 60.9 Å². The largest absolute Gasteiger partial charge is 0.347 e. The number of benzene rings is 1. The second kappa shape index (κ2) is 7.00. The molecule has 0 amide bonds. The van der Waals surface area contributed by atoms with Crippen molar-refractivity contribution in [1.29, 1.82) is 0 Å². The molecule has 1 spiro atoms. The van der Waals surface area contributed by atoms with E-state index in [1.54, 1.807) is 5.57 Å². The highest BCUT2D eigenvalue weighted by Gasteiger charge is 2.51. The highest BCUT2D eigenvalue weighted by atomic mass is 32.2. The summed E-state index contributed by atoms with van der Waals surface area (Å²) in [5.74, 6) is 0.0763. The van der Waals surface area contributed by atoms with Crippen LogP contribution in [-0.4, -0.2) is 24.3 Å². The molecule has 124 valence electrons. The van der Waals surface area contributed by atoms with Gasteiger partial charge in [-0.2, -0.15) is 0 Å². The topological polar surface area (TPSA) is 18.5 Å². The highest BCUT2D eigenvalue weighted by molar-refractivity contribution is 8.00. The van der Waals surface area contributed by atoms with Crippen LogP contribution in [0.1, 0.15) is 44.9 Å². The van der Waals surface area contributed by atoms with Crippen LogP contribution in [0.25, 0.3) is 0 Å². The van der Waals surface area contributed by atoms with E-state index >= 15 is 0 Å². The summed E-state index contributed by atoms with van der Waals surface area (Å²) in [5.41, 5.74) is 1.60. The average molecular weight is 330 g/mol. The molecular formula is C20H26O2S. The molecule has 1 aliphatic heterocycles. The number of fused-ring (bicyclic) bond motifs is 2. The Kier molecular flexibility index (Phi) is 4.79. The lowest BCUT2D eigenvalue weighted by Gasteiger charge is -2.37. The van der Waals surface area contributed by atoms with E-state index in [4.69, 9.17) is 9.47 Å². The fourth-order valence-electron chi connectivity index (χ4n) is 4.40. The Hall–Kier alpha value is -0.770. The average Bonchev–Trinajstić information content (AvgIpc) is 3.20. The Morgan fingerprint density at radius 2 is 1.83 bits per heavy atom. The summed E-state index contributed by atoms with van der Waals surface area (Å²) < 4.78 is 12.6. The SMILES string of the molecule is C1=C2CC[C@H](Sc3ccccc3)C2C2(CCCCC1)OCCO2. The van der Waals surface area contributed by atoms with Gasteiger partial charge in [-0.1, -0.05) is 36.3 Å². The van der Waals surface area contributed by atoms with Gasteiger partial charge < -0.3 is 9.47 Å². The number of hydrogen-bond donors (Lipinski definition) is 0. The van der Waals surface area contributed by atoms with Crippen molar-refractivity contribution in [3.8, 4) is 0 Å². The first kappa shape index (κ1) is 15.7. The minimum Gasteiger partial charge on any atom is -0.347 e. The Bertz CT molecular complexity index is 548. The van der Waals surface area contributed by atoms with Crippen LogP contribution in [0.15, 0.2) is 46.9 Å². The third-order valence-corrected chi connectivity index (χ3v) is 6.76. The Morgan fingerprint density at radius 3 is 2.65 bits per heavy atom. The molecule has 2 atom stereocenters.